The van der Waals surface area contributed by atoms with Crippen molar-refractivity contribution >= 4 is 11.3 Å². The number of hydrogen-bond acceptors (Lipinski definition) is 3. The highest BCUT2D eigenvalue weighted by molar-refractivity contribution is 7.12. The molecule has 2 rings (SSSR count). The highest BCUT2D eigenvalue weighted by Gasteiger charge is 2.19. The highest BCUT2D eigenvalue weighted by atomic mass is 32.1. The van der Waals surface area contributed by atoms with Crippen LogP contribution in [0, 0.1) is 6.92 Å². The third-order valence-corrected chi connectivity index (χ3v) is 4.33. The molecule has 0 aromatic carbocycles. The Bertz CT molecular complexity index is 527. The molecule has 0 aliphatic carbocycles. The first-order valence-corrected chi connectivity index (χ1v) is 7.79. The zero-order valence-electron chi connectivity index (χ0n) is 12.2. The molecule has 19 heavy (non-hydrogen) atoms. The fourth-order valence-electron chi connectivity index (χ4n) is 2.23. The Labute approximate surface area is 119 Å². The van der Waals surface area contributed by atoms with Crippen molar-refractivity contribution in [2.45, 2.75) is 39.7 Å². The molecule has 0 radical (unpaired) electrons. The minimum absolute atomic E-state index is 0.261. The van der Waals surface area contributed by atoms with Gasteiger partial charge in [0.25, 0.3) is 0 Å². The minimum atomic E-state index is 0.261. The van der Waals surface area contributed by atoms with Gasteiger partial charge < -0.3 is 5.32 Å². The first-order chi connectivity index (χ1) is 9.15. The molecule has 0 bridgehead atoms. The normalized spacial score (nSPS) is 12.8. The van der Waals surface area contributed by atoms with E-state index in [2.05, 4.69) is 49.4 Å². The molecule has 0 amide bonds. The van der Waals surface area contributed by atoms with E-state index >= 15 is 0 Å². The lowest BCUT2D eigenvalue weighted by molar-refractivity contribution is 0.559. The minimum Gasteiger partial charge on any atom is -0.304 e. The monoisotopic (exact) mass is 277 g/mol. The lowest BCUT2D eigenvalue weighted by Gasteiger charge is -2.17. The lowest BCUT2D eigenvalue weighted by Crippen LogP contribution is -2.24. The molecule has 0 saturated carbocycles. The van der Waals surface area contributed by atoms with E-state index in [9.17, 15) is 0 Å². The summed E-state index contributed by atoms with van der Waals surface area (Å²) in [5, 5.41) is 8.21. The van der Waals surface area contributed by atoms with E-state index in [0.29, 0.717) is 0 Å². The molecule has 0 spiro atoms. The van der Waals surface area contributed by atoms with E-state index in [1.807, 2.05) is 23.1 Å². The van der Waals surface area contributed by atoms with Crippen molar-refractivity contribution in [1.29, 1.82) is 0 Å². The highest BCUT2D eigenvalue weighted by Crippen LogP contribution is 2.28. The van der Waals surface area contributed by atoms with Crippen LogP contribution in [0.25, 0.3) is 0 Å². The molecule has 4 heteroatoms. The summed E-state index contributed by atoms with van der Waals surface area (Å²) in [6.07, 6.45) is 2.12. The van der Waals surface area contributed by atoms with Crippen LogP contribution in [0.5, 0.6) is 0 Å². The first-order valence-electron chi connectivity index (χ1n) is 6.98. The summed E-state index contributed by atoms with van der Waals surface area (Å²) < 4.78 is 2.02. The van der Waals surface area contributed by atoms with E-state index in [-0.39, 0.29) is 6.04 Å². The molecule has 0 saturated heterocycles. The van der Waals surface area contributed by atoms with Crippen molar-refractivity contribution in [2.24, 2.45) is 7.05 Å². The molecular weight excluding hydrogens is 254 g/mol. The second kappa shape index (κ2) is 6.35. The number of aryl methyl sites for hydroxylation is 3. The Balaban J connectivity index is 2.33. The summed E-state index contributed by atoms with van der Waals surface area (Å²) >= 11 is 1.86. The quantitative estimate of drug-likeness (QED) is 0.876. The van der Waals surface area contributed by atoms with Crippen LogP contribution >= 0.6 is 11.3 Å². The molecule has 2 heterocycles. The summed E-state index contributed by atoms with van der Waals surface area (Å²) in [7, 11) is 2.04. The summed E-state index contributed by atoms with van der Waals surface area (Å²) in [6, 6.07) is 6.91. The summed E-state index contributed by atoms with van der Waals surface area (Å²) in [4.78, 5) is 2.73. The molecule has 1 unspecified atom stereocenters. The van der Waals surface area contributed by atoms with Crippen molar-refractivity contribution in [3.63, 3.8) is 0 Å². The van der Waals surface area contributed by atoms with Gasteiger partial charge in [0.2, 0.25) is 0 Å². The summed E-state index contributed by atoms with van der Waals surface area (Å²) in [6.45, 7) is 7.53. The molecule has 104 valence electrons. The third-order valence-electron chi connectivity index (χ3n) is 3.27. The van der Waals surface area contributed by atoms with Crippen LogP contribution in [0.3, 0.4) is 0 Å². The first kappa shape index (κ1) is 14.3. The Hall–Kier alpha value is -1.13. The molecule has 3 nitrogen and oxygen atoms in total. The topological polar surface area (TPSA) is 29.9 Å². The van der Waals surface area contributed by atoms with Crippen molar-refractivity contribution in [1.82, 2.24) is 15.1 Å². The van der Waals surface area contributed by atoms with Gasteiger partial charge in [0.15, 0.2) is 0 Å². The average molecular weight is 277 g/mol. The Kier molecular flexibility index (Phi) is 4.77. The molecule has 2 aromatic rings. The predicted octanol–water partition coefficient (Wildman–Crippen LogP) is 3.44. The van der Waals surface area contributed by atoms with Crippen molar-refractivity contribution in [3.05, 3.63) is 39.3 Å². The second-order valence-electron chi connectivity index (χ2n) is 4.87. The molecule has 0 aliphatic heterocycles. The predicted molar refractivity (Wildman–Crippen MR) is 81.8 cm³/mol. The van der Waals surface area contributed by atoms with Gasteiger partial charge in [-0.3, -0.25) is 4.68 Å². The van der Waals surface area contributed by atoms with Crippen LogP contribution in [0.15, 0.2) is 18.2 Å². The molecule has 2 aromatic heterocycles. The Morgan fingerprint density at radius 1 is 1.37 bits per heavy atom. The van der Waals surface area contributed by atoms with Crippen molar-refractivity contribution in [3.8, 4) is 0 Å². The van der Waals surface area contributed by atoms with Crippen LogP contribution in [0.1, 0.15) is 47.5 Å². The Morgan fingerprint density at radius 3 is 2.68 bits per heavy atom. The standard InChI is InChI=1S/C15H23N3S/c1-5-9-16-15(14-8-7-11(3)19-14)13-10-12(6-2)17-18(13)4/h7-8,10,15-16H,5-6,9H2,1-4H3. The maximum atomic E-state index is 4.57. The van der Waals surface area contributed by atoms with Gasteiger partial charge in [-0.15, -0.1) is 11.3 Å². The van der Waals surface area contributed by atoms with Gasteiger partial charge in [-0.2, -0.15) is 5.10 Å². The third kappa shape index (κ3) is 3.25. The zero-order valence-corrected chi connectivity index (χ0v) is 13.0. The SMILES string of the molecule is CCCNC(c1ccc(C)s1)c1cc(CC)nn1C. The molecule has 1 N–H and O–H groups in total. The number of nitrogens with one attached hydrogen (secondary N) is 1. The molecule has 0 aliphatic rings. The molecular formula is C15H23N3S. The Morgan fingerprint density at radius 2 is 2.16 bits per heavy atom. The van der Waals surface area contributed by atoms with Crippen LogP contribution in [-0.2, 0) is 13.5 Å². The number of rotatable bonds is 6. The number of thiophene rings is 1. The smallest absolute Gasteiger partial charge is 0.0841 e. The molecule has 0 fully saturated rings. The maximum absolute atomic E-state index is 4.57. The lowest BCUT2D eigenvalue weighted by atomic mass is 10.1. The fourth-order valence-corrected chi connectivity index (χ4v) is 3.20. The van der Waals surface area contributed by atoms with E-state index in [4.69, 9.17) is 0 Å². The van der Waals surface area contributed by atoms with E-state index < -0.39 is 0 Å². The molecule has 1 atom stereocenters. The van der Waals surface area contributed by atoms with Gasteiger partial charge in [0.05, 0.1) is 17.4 Å². The van der Waals surface area contributed by atoms with Crippen molar-refractivity contribution < 1.29 is 0 Å². The van der Waals surface area contributed by atoms with Crippen LogP contribution in [0.2, 0.25) is 0 Å². The van der Waals surface area contributed by atoms with Gasteiger partial charge >= 0.3 is 0 Å². The van der Waals surface area contributed by atoms with Gasteiger partial charge in [0.1, 0.15) is 0 Å². The average Bonchev–Trinajstić information content (AvgIpc) is 2.97. The zero-order chi connectivity index (χ0) is 13.8. The van der Waals surface area contributed by atoms with Gasteiger partial charge in [0, 0.05) is 16.8 Å². The summed E-state index contributed by atoms with van der Waals surface area (Å²) in [5.41, 5.74) is 2.42. The van der Waals surface area contributed by atoms with Gasteiger partial charge in [-0.05, 0) is 44.5 Å². The largest absolute Gasteiger partial charge is 0.304 e. The maximum Gasteiger partial charge on any atom is 0.0841 e. The van der Waals surface area contributed by atoms with E-state index in [1.165, 1.54) is 15.4 Å². The summed E-state index contributed by atoms with van der Waals surface area (Å²) in [5.74, 6) is 0. The van der Waals surface area contributed by atoms with E-state index in [0.717, 1.165) is 25.1 Å². The van der Waals surface area contributed by atoms with Crippen LogP contribution < -0.4 is 5.32 Å². The number of hydrogen-bond donors (Lipinski definition) is 1. The second-order valence-corrected chi connectivity index (χ2v) is 6.19. The van der Waals surface area contributed by atoms with Gasteiger partial charge in [-0.25, -0.2) is 0 Å². The van der Waals surface area contributed by atoms with Crippen LogP contribution in [-0.4, -0.2) is 16.3 Å². The number of aromatic nitrogens is 2. The van der Waals surface area contributed by atoms with E-state index in [1.54, 1.807) is 0 Å². The van der Waals surface area contributed by atoms with Crippen molar-refractivity contribution in [2.75, 3.05) is 6.54 Å². The van der Waals surface area contributed by atoms with Crippen LogP contribution in [0.4, 0.5) is 0 Å². The van der Waals surface area contributed by atoms with Gasteiger partial charge in [-0.1, -0.05) is 13.8 Å². The fraction of sp³-hybridized carbons (Fsp3) is 0.533. The number of nitrogens with zero attached hydrogens (tertiary/aromatic N) is 2.